The number of halogens is 4. The molecule has 2 N–H and O–H groups in total. The summed E-state index contributed by atoms with van der Waals surface area (Å²) in [6, 6.07) is 5.98. The van der Waals surface area contributed by atoms with E-state index in [0.29, 0.717) is 11.3 Å². The van der Waals surface area contributed by atoms with Gasteiger partial charge in [-0.15, -0.1) is 0 Å². The molecule has 2 aromatic rings. The average molecular weight is 318 g/mol. The predicted molar refractivity (Wildman–Crippen MR) is 76.5 cm³/mol. The maximum absolute atomic E-state index is 13.3. The second-order valence-electron chi connectivity index (χ2n) is 4.32. The lowest BCUT2D eigenvalue weighted by molar-refractivity contribution is 0.462. The summed E-state index contributed by atoms with van der Waals surface area (Å²) in [5, 5.41) is 12.5. The Kier molecular flexibility index (Phi) is 4.35. The molecule has 0 spiro atoms. The molecule has 2 nitrogen and oxygen atoms in total. The van der Waals surface area contributed by atoms with E-state index < -0.39 is 17.7 Å². The summed E-state index contributed by atoms with van der Waals surface area (Å²) in [5.74, 6) is -1.19. The molecule has 1 unspecified atom stereocenters. The summed E-state index contributed by atoms with van der Waals surface area (Å²) < 4.78 is 26.5. The molecule has 0 aliphatic heterocycles. The highest BCUT2D eigenvalue weighted by Gasteiger charge is 2.13. The largest absolute Gasteiger partial charge is 0.508 e. The number of aromatic hydroxyl groups is 1. The van der Waals surface area contributed by atoms with Crippen LogP contribution in [0.3, 0.4) is 0 Å². The van der Waals surface area contributed by atoms with Crippen molar-refractivity contribution in [3.05, 3.63) is 57.6 Å². The van der Waals surface area contributed by atoms with E-state index in [1.807, 2.05) is 0 Å². The van der Waals surface area contributed by atoms with Crippen molar-refractivity contribution in [2.45, 2.75) is 13.0 Å². The third kappa shape index (κ3) is 3.14. The summed E-state index contributed by atoms with van der Waals surface area (Å²) in [7, 11) is 0. The van der Waals surface area contributed by atoms with Gasteiger partial charge >= 0.3 is 0 Å². The van der Waals surface area contributed by atoms with E-state index in [4.69, 9.17) is 23.2 Å². The van der Waals surface area contributed by atoms with Crippen LogP contribution in [0.15, 0.2) is 30.3 Å². The van der Waals surface area contributed by atoms with Crippen molar-refractivity contribution in [3.8, 4) is 5.75 Å². The Morgan fingerprint density at radius 3 is 2.30 bits per heavy atom. The Balaban J connectivity index is 2.27. The SMILES string of the molecule is CC(Nc1cc(Cl)c(F)c(Cl)c1)c1cc(F)ccc1O. The van der Waals surface area contributed by atoms with Gasteiger partial charge in [0.2, 0.25) is 0 Å². The fourth-order valence-corrected chi connectivity index (χ4v) is 2.33. The molecule has 2 aromatic carbocycles. The van der Waals surface area contributed by atoms with E-state index in [-0.39, 0.29) is 15.8 Å². The summed E-state index contributed by atoms with van der Waals surface area (Å²) in [4.78, 5) is 0. The van der Waals surface area contributed by atoms with Crippen LogP contribution in [0.4, 0.5) is 14.5 Å². The Labute approximate surface area is 125 Å². The van der Waals surface area contributed by atoms with Gasteiger partial charge in [-0.25, -0.2) is 8.78 Å². The van der Waals surface area contributed by atoms with Gasteiger partial charge < -0.3 is 10.4 Å². The molecule has 1 atom stereocenters. The molecule has 0 heterocycles. The van der Waals surface area contributed by atoms with Crippen LogP contribution in [-0.2, 0) is 0 Å². The van der Waals surface area contributed by atoms with Crippen molar-refractivity contribution < 1.29 is 13.9 Å². The molecule has 2 rings (SSSR count). The zero-order valence-corrected chi connectivity index (χ0v) is 11.9. The van der Waals surface area contributed by atoms with E-state index >= 15 is 0 Å². The summed E-state index contributed by atoms with van der Waals surface area (Å²) in [6.45, 7) is 1.72. The van der Waals surface area contributed by atoms with Crippen LogP contribution < -0.4 is 5.32 Å². The monoisotopic (exact) mass is 317 g/mol. The van der Waals surface area contributed by atoms with Crippen LogP contribution in [0.2, 0.25) is 10.0 Å². The molecule has 0 amide bonds. The van der Waals surface area contributed by atoms with Crippen LogP contribution in [-0.4, -0.2) is 5.11 Å². The van der Waals surface area contributed by atoms with Gasteiger partial charge in [0.15, 0.2) is 5.82 Å². The minimum absolute atomic E-state index is 0.0364. The molecule has 0 saturated carbocycles. The molecule has 0 aliphatic carbocycles. The summed E-state index contributed by atoms with van der Waals surface area (Å²) >= 11 is 11.4. The van der Waals surface area contributed by atoms with Crippen molar-refractivity contribution in [2.24, 2.45) is 0 Å². The first-order chi connectivity index (χ1) is 9.38. The number of nitrogens with one attached hydrogen (secondary N) is 1. The number of benzene rings is 2. The van der Waals surface area contributed by atoms with E-state index in [1.54, 1.807) is 6.92 Å². The van der Waals surface area contributed by atoms with Crippen molar-refractivity contribution in [1.82, 2.24) is 0 Å². The topological polar surface area (TPSA) is 32.3 Å². The Morgan fingerprint density at radius 1 is 1.10 bits per heavy atom. The van der Waals surface area contributed by atoms with Gasteiger partial charge in [0, 0.05) is 11.3 Å². The maximum atomic E-state index is 13.3. The van der Waals surface area contributed by atoms with Crippen LogP contribution in [0.1, 0.15) is 18.5 Å². The van der Waals surface area contributed by atoms with E-state index in [9.17, 15) is 13.9 Å². The first-order valence-corrected chi connectivity index (χ1v) is 6.53. The molecular weight excluding hydrogens is 307 g/mol. The Hall–Kier alpha value is -1.52. The molecule has 106 valence electrons. The molecule has 0 fully saturated rings. The first-order valence-electron chi connectivity index (χ1n) is 5.78. The second-order valence-corrected chi connectivity index (χ2v) is 5.14. The van der Waals surface area contributed by atoms with E-state index in [2.05, 4.69) is 5.32 Å². The molecule has 0 aromatic heterocycles. The summed E-state index contributed by atoms with van der Waals surface area (Å²) in [5.41, 5.74) is 0.846. The lowest BCUT2D eigenvalue weighted by atomic mass is 10.1. The fourth-order valence-electron chi connectivity index (χ4n) is 1.84. The van der Waals surface area contributed by atoms with E-state index in [0.717, 1.165) is 6.07 Å². The highest BCUT2D eigenvalue weighted by atomic mass is 35.5. The summed E-state index contributed by atoms with van der Waals surface area (Å²) in [6.07, 6.45) is 0. The Morgan fingerprint density at radius 2 is 1.70 bits per heavy atom. The average Bonchev–Trinajstić information content (AvgIpc) is 2.38. The minimum atomic E-state index is -0.694. The van der Waals surface area contributed by atoms with Crippen molar-refractivity contribution in [3.63, 3.8) is 0 Å². The zero-order chi connectivity index (χ0) is 14.9. The number of hydrogen-bond donors (Lipinski definition) is 2. The third-order valence-electron chi connectivity index (χ3n) is 2.82. The number of hydrogen-bond acceptors (Lipinski definition) is 2. The van der Waals surface area contributed by atoms with Crippen LogP contribution in [0.25, 0.3) is 0 Å². The fraction of sp³-hybridized carbons (Fsp3) is 0.143. The van der Waals surface area contributed by atoms with Gasteiger partial charge in [0.05, 0.1) is 16.1 Å². The Bertz CT molecular complexity index is 626. The normalized spacial score (nSPS) is 12.2. The third-order valence-corrected chi connectivity index (χ3v) is 3.37. The van der Waals surface area contributed by atoms with Crippen molar-refractivity contribution in [2.75, 3.05) is 5.32 Å². The maximum Gasteiger partial charge on any atom is 0.160 e. The number of rotatable bonds is 3. The highest BCUT2D eigenvalue weighted by molar-refractivity contribution is 6.35. The number of phenols is 1. The van der Waals surface area contributed by atoms with Gasteiger partial charge in [0.1, 0.15) is 11.6 Å². The van der Waals surface area contributed by atoms with Crippen LogP contribution in [0.5, 0.6) is 5.75 Å². The predicted octanol–water partition coefficient (Wildman–Crippen LogP) is 5.15. The number of phenolic OH excluding ortho intramolecular Hbond substituents is 1. The minimum Gasteiger partial charge on any atom is -0.508 e. The van der Waals surface area contributed by atoms with Gasteiger partial charge in [-0.3, -0.25) is 0 Å². The smallest absolute Gasteiger partial charge is 0.160 e. The van der Waals surface area contributed by atoms with E-state index in [1.165, 1.54) is 24.3 Å². The van der Waals surface area contributed by atoms with Gasteiger partial charge in [-0.05, 0) is 37.3 Å². The molecule has 0 aliphatic rings. The molecule has 20 heavy (non-hydrogen) atoms. The van der Waals surface area contributed by atoms with Gasteiger partial charge in [-0.1, -0.05) is 23.2 Å². The van der Waals surface area contributed by atoms with Crippen LogP contribution >= 0.6 is 23.2 Å². The highest BCUT2D eigenvalue weighted by Crippen LogP contribution is 2.31. The van der Waals surface area contributed by atoms with Gasteiger partial charge in [0.25, 0.3) is 0 Å². The lowest BCUT2D eigenvalue weighted by Crippen LogP contribution is -2.07. The first kappa shape index (κ1) is 14.9. The zero-order valence-electron chi connectivity index (χ0n) is 10.4. The lowest BCUT2D eigenvalue weighted by Gasteiger charge is -2.17. The molecular formula is C14H11Cl2F2NO. The van der Waals surface area contributed by atoms with Gasteiger partial charge in [-0.2, -0.15) is 0 Å². The molecule has 6 heteroatoms. The van der Waals surface area contributed by atoms with Crippen LogP contribution in [0, 0.1) is 11.6 Å². The quantitative estimate of drug-likeness (QED) is 0.767. The second kappa shape index (κ2) is 5.85. The molecule has 0 saturated heterocycles. The number of anilines is 1. The molecule has 0 radical (unpaired) electrons. The van der Waals surface area contributed by atoms with Crippen molar-refractivity contribution in [1.29, 1.82) is 0 Å². The standard InChI is InChI=1S/C14H11Cl2F2NO/c1-7(10-4-8(17)2-3-13(10)20)19-9-5-11(15)14(18)12(16)6-9/h2-7,19-20H,1H3. The molecule has 0 bridgehead atoms. The van der Waals surface area contributed by atoms with Crippen molar-refractivity contribution >= 4 is 28.9 Å².